The smallest absolute Gasteiger partial charge is 0.242 e. The zero-order valence-corrected chi connectivity index (χ0v) is 12.7. The maximum Gasteiger partial charge on any atom is 0.242 e. The summed E-state index contributed by atoms with van der Waals surface area (Å²) in [6.07, 6.45) is 9.88. The number of nitrogens with one attached hydrogen (secondary N) is 2. The van der Waals surface area contributed by atoms with Gasteiger partial charge in [-0.2, -0.15) is 0 Å². The van der Waals surface area contributed by atoms with Crippen LogP contribution in [0.3, 0.4) is 0 Å². The molecule has 1 fully saturated rings. The molecule has 0 aromatic heterocycles. The highest BCUT2D eigenvalue weighted by Crippen LogP contribution is 2.26. The number of amides is 1. The van der Waals surface area contributed by atoms with Gasteiger partial charge >= 0.3 is 0 Å². The zero-order valence-electron chi connectivity index (χ0n) is 12.7. The van der Waals surface area contributed by atoms with E-state index in [4.69, 9.17) is 0 Å². The van der Waals surface area contributed by atoms with Crippen molar-refractivity contribution in [2.24, 2.45) is 5.92 Å². The average Bonchev–Trinajstić information content (AvgIpc) is 2.55. The minimum absolute atomic E-state index is 0.0637. The van der Waals surface area contributed by atoms with Crippen molar-refractivity contribution in [3.05, 3.63) is 29.8 Å². The van der Waals surface area contributed by atoms with E-state index in [0.29, 0.717) is 0 Å². The third-order valence-corrected chi connectivity index (χ3v) is 4.94. The molecule has 1 heterocycles. The van der Waals surface area contributed by atoms with E-state index in [9.17, 15) is 4.79 Å². The fourth-order valence-electron chi connectivity index (χ4n) is 3.63. The van der Waals surface area contributed by atoms with Crippen LogP contribution >= 0.6 is 0 Å². The zero-order chi connectivity index (χ0) is 14.5. The molecule has 1 aromatic rings. The van der Waals surface area contributed by atoms with Crippen LogP contribution in [-0.4, -0.2) is 18.5 Å². The van der Waals surface area contributed by atoms with Crippen molar-refractivity contribution in [2.45, 2.75) is 57.4 Å². The molecule has 0 spiro atoms. The lowest BCUT2D eigenvalue weighted by Gasteiger charge is -2.27. The summed E-state index contributed by atoms with van der Waals surface area (Å²) in [5, 5.41) is 6.50. The highest BCUT2D eigenvalue weighted by Gasteiger charge is 2.23. The Morgan fingerprint density at radius 3 is 2.81 bits per heavy atom. The number of rotatable bonds is 4. The summed E-state index contributed by atoms with van der Waals surface area (Å²) in [6, 6.07) is 8.22. The Bertz CT molecular complexity index is 480. The second kappa shape index (κ2) is 6.97. The molecule has 2 N–H and O–H groups in total. The number of carbonyl (C=O) groups is 1. The quantitative estimate of drug-likeness (QED) is 0.889. The van der Waals surface area contributed by atoms with Crippen molar-refractivity contribution in [2.75, 3.05) is 11.9 Å². The van der Waals surface area contributed by atoms with Gasteiger partial charge in [0, 0.05) is 12.2 Å². The summed E-state index contributed by atoms with van der Waals surface area (Å²) in [4.78, 5) is 12.3. The topological polar surface area (TPSA) is 41.1 Å². The Morgan fingerprint density at radius 2 is 1.95 bits per heavy atom. The maximum atomic E-state index is 12.3. The fraction of sp³-hybridized carbons (Fsp3) is 0.611. The molecule has 0 bridgehead atoms. The van der Waals surface area contributed by atoms with Crippen LogP contribution in [0.5, 0.6) is 0 Å². The molecule has 0 saturated heterocycles. The molecule has 0 radical (unpaired) electrons. The van der Waals surface area contributed by atoms with Gasteiger partial charge in [0.1, 0.15) is 6.04 Å². The Morgan fingerprint density at radius 1 is 1.14 bits per heavy atom. The van der Waals surface area contributed by atoms with Crippen LogP contribution < -0.4 is 10.6 Å². The molecule has 1 aliphatic heterocycles. The Kier molecular flexibility index (Phi) is 4.79. The van der Waals surface area contributed by atoms with E-state index in [1.807, 2.05) is 6.07 Å². The van der Waals surface area contributed by atoms with E-state index in [1.54, 1.807) is 0 Å². The lowest BCUT2D eigenvalue weighted by molar-refractivity contribution is -0.122. The van der Waals surface area contributed by atoms with Gasteiger partial charge in [0.2, 0.25) is 5.91 Å². The van der Waals surface area contributed by atoms with Gasteiger partial charge in [0.25, 0.3) is 0 Å². The van der Waals surface area contributed by atoms with Gasteiger partial charge in [-0.25, -0.2) is 0 Å². The van der Waals surface area contributed by atoms with Crippen molar-refractivity contribution in [3.8, 4) is 0 Å². The molecule has 2 aliphatic rings. The molecule has 3 nitrogen and oxygen atoms in total. The van der Waals surface area contributed by atoms with Gasteiger partial charge in [-0.3, -0.25) is 4.79 Å². The fourth-order valence-corrected chi connectivity index (χ4v) is 3.63. The van der Waals surface area contributed by atoms with E-state index in [-0.39, 0.29) is 11.9 Å². The molecule has 3 rings (SSSR count). The highest BCUT2D eigenvalue weighted by atomic mass is 16.2. The van der Waals surface area contributed by atoms with Crippen LogP contribution in [0.15, 0.2) is 24.3 Å². The molecule has 1 amide bonds. The van der Waals surface area contributed by atoms with Crippen molar-refractivity contribution in [1.82, 2.24) is 5.32 Å². The number of carbonyl (C=O) groups excluding carboxylic acids is 1. The van der Waals surface area contributed by atoms with Gasteiger partial charge in [0.05, 0.1) is 0 Å². The first-order valence-corrected chi connectivity index (χ1v) is 8.45. The largest absolute Gasteiger partial charge is 0.373 e. The Hall–Kier alpha value is -1.51. The standard InChI is InChI=1S/C18H26N2O/c21-18(19-13-12-14-6-2-1-3-7-14)17-11-10-15-8-4-5-9-16(15)20-17/h4-5,8-9,14,17,20H,1-3,6-7,10-13H2,(H,19,21). The van der Waals surface area contributed by atoms with Gasteiger partial charge in [-0.15, -0.1) is 0 Å². The Labute approximate surface area is 127 Å². The number of aryl methyl sites for hydroxylation is 1. The molecule has 1 aliphatic carbocycles. The summed E-state index contributed by atoms with van der Waals surface area (Å²) >= 11 is 0. The van der Waals surface area contributed by atoms with E-state index in [2.05, 4.69) is 28.8 Å². The SMILES string of the molecule is O=C(NCCC1CCCCC1)C1CCc2ccccc2N1. The van der Waals surface area contributed by atoms with Gasteiger partial charge in [-0.05, 0) is 36.8 Å². The number of hydrogen-bond donors (Lipinski definition) is 2. The number of fused-ring (bicyclic) bond motifs is 1. The summed E-state index contributed by atoms with van der Waals surface area (Å²) in [7, 11) is 0. The van der Waals surface area contributed by atoms with Crippen molar-refractivity contribution in [3.63, 3.8) is 0 Å². The van der Waals surface area contributed by atoms with Gasteiger partial charge in [-0.1, -0.05) is 50.3 Å². The van der Waals surface area contributed by atoms with Crippen molar-refractivity contribution < 1.29 is 4.79 Å². The van der Waals surface area contributed by atoms with E-state index >= 15 is 0 Å². The van der Waals surface area contributed by atoms with E-state index in [1.165, 1.54) is 37.7 Å². The van der Waals surface area contributed by atoms with Crippen LogP contribution in [0.25, 0.3) is 0 Å². The predicted molar refractivity (Wildman–Crippen MR) is 86.4 cm³/mol. The lowest BCUT2D eigenvalue weighted by Crippen LogP contribution is -2.42. The van der Waals surface area contributed by atoms with Gasteiger partial charge in [0.15, 0.2) is 0 Å². The predicted octanol–water partition coefficient (Wildman–Crippen LogP) is 3.50. The Balaban J connectivity index is 1.44. The second-order valence-corrected chi connectivity index (χ2v) is 6.48. The summed E-state index contributed by atoms with van der Waals surface area (Å²) in [5.74, 6) is 0.999. The van der Waals surface area contributed by atoms with E-state index < -0.39 is 0 Å². The molecular formula is C18H26N2O. The summed E-state index contributed by atoms with van der Waals surface area (Å²) in [5.41, 5.74) is 2.44. The van der Waals surface area contributed by atoms with Crippen LogP contribution in [0, 0.1) is 5.92 Å². The van der Waals surface area contributed by atoms with Crippen LogP contribution in [-0.2, 0) is 11.2 Å². The number of para-hydroxylation sites is 1. The third kappa shape index (κ3) is 3.78. The summed E-state index contributed by atoms with van der Waals surface area (Å²) < 4.78 is 0. The van der Waals surface area contributed by atoms with Crippen LogP contribution in [0.4, 0.5) is 5.69 Å². The second-order valence-electron chi connectivity index (χ2n) is 6.48. The first-order valence-electron chi connectivity index (χ1n) is 8.45. The molecule has 21 heavy (non-hydrogen) atoms. The minimum atomic E-state index is -0.0637. The van der Waals surface area contributed by atoms with E-state index in [0.717, 1.165) is 37.4 Å². The first-order chi connectivity index (χ1) is 10.3. The molecule has 3 heteroatoms. The highest BCUT2D eigenvalue weighted by molar-refractivity contribution is 5.85. The van der Waals surface area contributed by atoms with Crippen molar-refractivity contribution >= 4 is 11.6 Å². The number of anilines is 1. The number of benzene rings is 1. The average molecular weight is 286 g/mol. The number of hydrogen-bond acceptors (Lipinski definition) is 2. The summed E-state index contributed by atoms with van der Waals surface area (Å²) in [6.45, 7) is 0.837. The maximum absolute atomic E-state index is 12.3. The molecule has 114 valence electrons. The monoisotopic (exact) mass is 286 g/mol. The normalized spacial score (nSPS) is 22.2. The van der Waals surface area contributed by atoms with Gasteiger partial charge < -0.3 is 10.6 Å². The van der Waals surface area contributed by atoms with Crippen LogP contribution in [0.2, 0.25) is 0 Å². The lowest BCUT2D eigenvalue weighted by atomic mass is 9.87. The third-order valence-electron chi connectivity index (χ3n) is 4.94. The first kappa shape index (κ1) is 14.4. The minimum Gasteiger partial charge on any atom is -0.373 e. The molecule has 1 saturated carbocycles. The van der Waals surface area contributed by atoms with Crippen molar-refractivity contribution in [1.29, 1.82) is 0 Å². The molecule has 1 atom stereocenters. The molecular weight excluding hydrogens is 260 g/mol. The molecule has 1 unspecified atom stereocenters. The molecule has 1 aromatic carbocycles. The van der Waals surface area contributed by atoms with Crippen LogP contribution in [0.1, 0.15) is 50.5 Å².